The van der Waals surface area contributed by atoms with Crippen LogP contribution in [0.5, 0.6) is 5.75 Å². The molecule has 2 heterocycles. The van der Waals surface area contributed by atoms with Crippen LogP contribution in [0.3, 0.4) is 0 Å². The Labute approximate surface area is 134 Å². The molecule has 0 aliphatic carbocycles. The minimum absolute atomic E-state index is 0.244. The number of anilines is 1. The molecule has 0 bridgehead atoms. The normalized spacial score (nSPS) is 14.3. The van der Waals surface area contributed by atoms with E-state index in [1.54, 1.807) is 12.1 Å². The number of phenolic OH excluding ortho intramolecular Hbond substituents is 1. The second-order valence-electron chi connectivity index (χ2n) is 5.87. The SMILES string of the molecule is N#Cc1c(N2CCCC2)n(-c2ccc(O)cc2)c2ccccc12. The summed E-state index contributed by atoms with van der Waals surface area (Å²) in [5, 5.41) is 20.3. The van der Waals surface area contributed by atoms with E-state index in [0.717, 1.165) is 53.9 Å². The molecular formula is C19H17N3O. The highest BCUT2D eigenvalue weighted by atomic mass is 16.3. The van der Waals surface area contributed by atoms with Crippen LogP contribution in [-0.2, 0) is 0 Å². The molecule has 0 unspecified atom stereocenters. The molecule has 1 aliphatic heterocycles. The molecule has 1 fully saturated rings. The van der Waals surface area contributed by atoms with E-state index in [1.807, 2.05) is 36.4 Å². The summed E-state index contributed by atoms with van der Waals surface area (Å²) < 4.78 is 2.14. The lowest BCUT2D eigenvalue weighted by Crippen LogP contribution is -2.21. The van der Waals surface area contributed by atoms with Crippen LogP contribution in [0, 0.1) is 11.3 Å². The molecule has 1 aliphatic rings. The van der Waals surface area contributed by atoms with Gasteiger partial charge in [0, 0.05) is 24.2 Å². The Hall–Kier alpha value is -2.93. The van der Waals surface area contributed by atoms with E-state index in [0.29, 0.717) is 0 Å². The summed E-state index contributed by atoms with van der Waals surface area (Å²) in [4.78, 5) is 2.30. The van der Waals surface area contributed by atoms with Crippen LogP contribution in [0.25, 0.3) is 16.6 Å². The van der Waals surface area contributed by atoms with Crippen LogP contribution in [0.2, 0.25) is 0 Å². The van der Waals surface area contributed by atoms with Crippen molar-refractivity contribution >= 4 is 16.7 Å². The predicted molar refractivity (Wildman–Crippen MR) is 91.1 cm³/mol. The molecule has 4 nitrogen and oxygen atoms in total. The molecule has 0 radical (unpaired) electrons. The second kappa shape index (κ2) is 5.36. The molecule has 1 saturated heterocycles. The highest BCUT2D eigenvalue weighted by molar-refractivity contribution is 5.94. The van der Waals surface area contributed by atoms with Crippen molar-refractivity contribution in [2.24, 2.45) is 0 Å². The number of aromatic nitrogens is 1. The molecule has 2 aromatic carbocycles. The van der Waals surface area contributed by atoms with Crippen molar-refractivity contribution < 1.29 is 5.11 Å². The van der Waals surface area contributed by atoms with Gasteiger partial charge in [-0.05, 0) is 43.2 Å². The van der Waals surface area contributed by atoms with E-state index in [9.17, 15) is 10.4 Å². The zero-order chi connectivity index (χ0) is 15.8. The lowest BCUT2D eigenvalue weighted by molar-refractivity contribution is 0.475. The molecule has 4 heteroatoms. The Morgan fingerprint density at radius 3 is 2.35 bits per heavy atom. The van der Waals surface area contributed by atoms with Crippen molar-refractivity contribution in [3.63, 3.8) is 0 Å². The molecular weight excluding hydrogens is 286 g/mol. The topological polar surface area (TPSA) is 52.2 Å². The highest BCUT2D eigenvalue weighted by Gasteiger charge is 2.24. The van der Waals surface area contributed by atoms with Crippen LogP contribution in [0.15, 0.2) is 48.5 Å². The van der Waals surface area contributed by atoms with Gasteiger partial charge in [0.25, 0.3) is 0 Å². The van der Waals surface area contributed by atoms with Gasteiger partial charge in [-0.15, -0.1) is 0 Å². The van der Waals surface area contributed by atoms with Crippen LogP contribution in [0.1, 0.15) is 18.4 Å². The number of para-hydroxylation sites is 1. The molecule has 114 valence electrons. The van der Waals surface area contributed by atoms with Crippen molar-refractivity contribution in [1.82, 2.24) is 4.57 Å². The minimum Gasteiger partial charge on any atom is -0.508 e. The van der Waals surface area contributed by atoms with Gasteiger partial charge in [-0.3, -0.25) is 4.57 Å². The predicted octanol–water partition coefficient (Wildman–Crippen LogP) is 3.81. The zero-order valence-electron chi connectivity index (χ0n) is 12.7. The van der Waals surface area contributed by atoms with E-state index >= 15 is 0 Å². The first kappa shape index (κ1) is 13.7. The lowest BCUT2D eigenvalue weighted by Gasteiger charge is -2.21. The van der Waals surface area contributed by atoms with Crippen LogP contribution < -0.4 is 4.90 Å². The van der Waals surface area contributed by atoms with Gasteiger partial charge >= 0.3 is 0 Å². The number of hydrogen-bond donors (Lipinski definition) is 1. The molecule has 0 spiro atoms. The fourth-order valence-corrected chi connectivity index (χ4v) is 3.43. The summed E-state index contributed by atoms with van der Waals surface area (Å²) in [6, 6.07) is 17.6. The third-order valence-electron chi connectivity index (χ3n) is 4.48. The van der Waals surface area contributed by atoms with Gasteiger partial charge in [-0.25, -0.2) is 0 Å². The first-order chi connectivity index (χ1) is 11.3. The summed E-state index contributed by atoms with van der Waals surface area (Å²) in [5.41, 5.74) is 2.72. The molecule has 0 atom stereocenters. The van der Waals surface area contributed by atoms with Crippen LogP contribution >= 0.6 is 0 Å². The molecule has 23 heavy (non-hydrogen) atoms. The van der Waals surface area contributed by atoms with Gasteiger partial charge in [0.05, 0.1) is 5.52 Å². The van der Waals surface area contributed by atoms with E-state index in [4.69, 9.17) is 0 Å². The molecule has 4 rings (SSSR count). The summed E-state index contributed by atoms with van der Waals surface area (Å²) in [5.74, 6) is 1.21. The fourth-order valence-electron chi connectivity index (χ4n) is 3.43. The Morgan fingerprint density at radius 2 is 1.65 bits per heavy atom. The average Bonchev–Trinajstić information content (AvgIpc) is 3.21. The smallest absolute Gasteiger partial charge is 0.132 e. The van der Waals surface area contributed by atoms with Crippen molar-refractivity contribution in [2.75, 3.05) is 18.0 Å². The second-order valence-corrected chi connectivity index (χ2v) is 5.87. The number of benzene rings is 2. The highest BCUT2D eigenvalue weighted by Crippen LogP contribution is 2.37. The van der Waals surface area contributed by atoms with E-state index < -0.39 is 0 Å². The number of nitriles is 1. The maximum Gasteiger partial charge on any atom is 0.132 e. The van der Waals surface area contributed by atoms with Crippen molar-refractivity contribution in [3.8, 4) is 17.5 Å². The van der Waals surface area contributed by atoms with Gasteiger partial charge in [0.15, 0.2) is 0 Å². The average molecular weight is 303 g/mol. The quantitative estimate of drug-likeness (QED) is 0.783. The third-order valence-corrected chi connectivity index (χ3v) is 4.48. The van der Waals surface area contributed by atoms with Gasteiger partial charge in [0.2, 0.25) is 0 Å². The fraction of sp³-hybridized carbons (Fsp3) is 0.211. The van der Waals surface area contributed by atoms with Crippen molar-refractivity contribution in [2.45, 2.75) is 12.8 Å². The van der Waals surface area contributed by atoms with Crippen LogP contribution in [-0.4, -0.2) is 22.8 Å². The van der Waals surface area contributed by atoms with Gasteiger partial charge in [-0.2, -0.15) is 5.26 Å². The number of fused-ring (bicyclic) bond motifs is 1. The van der Waals surface area contributed by atoms with E-state index in [-0.39, 0.29) is 5.75 Å². The molecule has 1 N–H and O–H groups in total. The molecule has 0 amide bonds. The molecule has 1 aromatic heterocycles. The Bertz CT molecular complexity index is 897. The lowest BCUT2D eigenvalue weighted by atomic mass is 10.2. The maximum absolute atomic E-state index is 9.75. The number of nitrogens with zero attached hydrogens (tertiary/aromatic N) is 3. The minimum atomic E-state index is 0.244. The Morgan fingerprint density at radius 1 is 0.957 bits per heavy atom. The molecule has 3 aromatic rings. The monoisotopic (exact) mass is 303 g/mol. The van der Waals surface area contributed by atoms with Gasteiger partial charge in [-0.1, -0.05) is 18.2 Å². The first-order valence-electron chi connectivity index (χ1n) is 7.87. The van der Waals surface area contributed by atoms with Crippen molar-refractivity contribution in [1.29, 1.82) is 5.26 Å². The maximum atomic E-state index is 9.75. The Kier molecular flexibility index (Phi) is 3.20. The van der Waals surface area contributed by atoms with Crippen molar-refractivity contribution in [3.05, 3.63) is 54.1 Å². The third kappa shape index (κ3) is 2.13. The number of rotatable bonds is 2. The zero-order valence-corrected chi connectivity index (χ0v) is 12.7. The first-order valence-corrected chi connectivity index (χ1v) is 7.87. The van der Waals surface area contributed by atoms with Gasteiger partial charge < -0.3 is 10.0 Å². The summed E-state index contributed by atoms with van der Waals surface area (Å²) in [7, 11) is 0. The number of aromatic hydroxyl groups is 1. The summed E-state index contributed by atoms with van der Waals surface area (Å²) in [6.07, 6.45) is 2.31. The van der Waals surface area contributed by atoms with Crippen LogP contribution in [0.4, 0.5) is 5.82 Å². The Balaban J connectivity index is 2.06. The number of hydrogen-bond acceptors (Lipinski definition) is 3. The standard InChI is InChI=1S/C19H17N3O/c20-13-17-16-5-1-2-6-18(16)22(14-7-9-15(23)10-8-14)19(17)21-11-3-4-12-21/h1-2,5-10,23H,3-4,11-12H2. The van der Waals surface area contributed by atoms with E-state index in [1.165, 1.54) is 0 Å². The van der Waals surface area contributed by atoms with E-state index in [2.05, 4.69) is 15.5 Å². The van der Waals surface area contributed by atoms with Gasteiger partial charge in [0.1, 0.15) is 23.2 Å². The summed E-state index contributed by atoms with van der Waals surface area (Å²) >= 11 is 0. The number of phenols is 1. The summed E-state index contributed by atoms with van der Waals surface area (Å²) in [6.45, 7) is 1.95. The molecule has 0 saturated carbocycles. The largest absolute Gasteiger partial charge is 0.508 e.